The van der Waals surface area contributed by atoms with Gasteiger partial charge < -0.3 is 15.0 Å². The monoisotopic (exact) mass is 416 g/mol. The second-order valence-electron chi connectivity index (χ2n) is 8.87. The fraction of sp³-hybridized carbons (Fsp3) is 0.370. The molecule has 4 nitrogen and oxygen atoms in total. The molecule has 0 aliphatic heterocycles. The van der Waals surface area contributed by atoms with Crippen molar-refractivity contribution in [3.05, 3.63) is 92.8 Å². The fourth-order valence-electron chi connectivity index (χ4n) is 5.02. The van der Waals surface area contributed by atoms with Gasteiger partial charge in [0, 0.05) is 36.1 Å². The van der Waals surface area contributed by atoms with Crippen LogP contribution in [0.1, 0.15) is 74.0 Å². The Bertz CT molecular complexity index is 1130. The van der Waals surface area contributed by atoms with Crippen molar-refractivity contribution in [1.29, 1.82) is 0 Å². The zero-order valence-corrected chi connectivity index (χ0v) is 19.0. The minimum Gasteiger partial charge on any atom is -0.478 e. The summed E-state index contributed by atoms with van der Waals surface area (Å²) in [6.07, 6.45) is 3.37. The number of aromatic carboxylic acids is 1. The Balaban J connectivity index is 1.65. The molecule has 2 N–H and O–H groups in total. The molecule has 1 aromatic heterocycles. The van der Waals surface area contributed by atoms with Gasteiger partial charge >= 0.3 is 5.97 Å². The first-order valence-corrected chi connectivity index (χ1v) is 11.2. The van der Waals surface area contributed by atoms with Crippen LogP contribution in [-0.2, 0) is 19.5 Å². The highest BCUT2D eigenvalue weighted by Gasteiger charge is 2.25. The average molecular weight is 417 g/mol. The summed E-state index contributed by atoms with van der Waals surface area (Å²) < 4.78 is 2.16. The first-order valence-electron chi connectivity index (χ1n) is 11.2. The molecule has 1 aliphatic carbocycles. The number of rotatable bonds is 6. The number of aromatic nitrogens is 1. The van der Waals surface area contributed by atoms with Crippen molar-refractivity contribution in [2.24, 2.45) is 0 Å². The van der Waals surface area contributed by atoms with Crippen LogP contribution in [0.2, 0.25) is 0 Å². The first-order chi connectivity index (χ1) is 14.9. The van der Waals surface area contributed by atoms with Crippen molar-refractivity contribution in [1.82, 2.24) is 9.88 Å². The minimum atomic E-state index is -0.846. The predicted molar refractivity (Wildman–Crippen MR) is 125 cm³/mol. The molecule has 0 saturated heterocycles. The summed E-state index contributed by atoms with van der Waals surface area (Å²) in [4.78, 5) is 12.2. The molecule has 1 aliphatic rings. The van der Waals surface area contributed by atoms with E-state index in [1.54, 1.807) is 0 Å². The Morgan fingerprint density at radius 2 is 1.87 bits per heavy atom. The predicted octanol–water partition coefficient (Wildman–Crippen LogP) is 5.64. The Kier molecular flexibility index (Phi) is 6.01. The van der Waals surface area contributed by atoms with Crippen LogP contribution in [0, 0.1) is 27.7 Å². The smallest absolute Gasteiger partial charge is 0.337 e. The zero-order valence-electron chi connectivity index (χ0n) is 19.0. The number of carbonyl (C=O) groups is 1. The molecule has 4 rings (SSSR count). The van der Waals surface area contributed by atoms with Gasteiger partial charge in [-0.1, -0.05) is 48.0 Å². The number of benzene rings is 2. The first kappa shape index (κ1) is 21.4. The normalized spacial score (nSPS) is 15.7. The molecule has 3 aromatic rings. The van der Waals surface area contributed by atoms with E-state index in [1.165, 1.54) is 27.8 Å². The van der Waals surface area contributed by atoms with E-state index in [0.717, 1.165) is 36.2 Å². The maximum absolute atomic E-state index is 12.2. The molecule has 4 heteroatoms. The Morgan fingerprint density at radius 1 is 1.10 bits per heavy atom. The summed E-state index contributed by atoms with van der Waals surface area (Å²) in [7, 11) is 0. The maximum atomic E-state index is 12.2. The fourth-order valence-corrected chi connectivity index (χ4v) is 5.02. The van der Waals surface area contributed by atoms with Crippen molar-refractivity contribution in [2.45, 2.75) is 66.1 Å². The summed E-state index contributed by atoms with van der Waals surface area (Å²) in [5, 5.41) is 13.7. The number of hydrogen-bond acceptors (Lipinski definition) is 2. The Morgan fingerprint density at radius 3 is 2.65 bits per heavy atom. The molecule has 1 atom stereocenters. The molecule has 0 radical (unpaired) electrons. The van der Waals surface area contributed by atoms with Crippen molar-refractivity contribution in [3.63, 3.8) is 0 Å². The molecule has 0 bridgehead atoms. The van der Waals surface area contributed by atoms with Crippen LogP contribution in [0.15, 0.2) is 42.5 Å². The second kappa shape index (κ2) is 8.72. The number of carboxylic acid groups (broad SMARTS) is 1. The van der Waals surface area contributed by atoms with Gasteiger partial charge in [0.1, 0.15) is 0 Å². The van der Waals surface area contributed by atoms with E-state index >= 15 is 0 Å². The molecule has 0 spiro atoms. The lowest BCUT2D eigenvalue weighted by Gasteiger charge is -2.26. The summed E-state index contributed by atoms with van der Waals surface area (Å²) in [6, 6.07) is 15.3. The van der Waals surface area contributed by atoms with Crippen LogP contribution >= 0.6 is 0 Å². The van der Waals surface area contributed by atoms with Gasteiger partial charge in [0.25, 0.3) is 0 Å². The highest BCUT2D eigenvalue weighted by molar-refractivity contribution is 5.91. The lowest BCUT2D eigenvalue weighted by molar-refractivity contribution is 0.0694. The van der Waals surface area contributed by atoms with Gasteiger partial charge in [0.15, 0.2) is 0 Å². The van der Waals surface area contributed by atoms with Gasteiger partial charge in [0.2, 0.25) is 0 Å². The summed E-state index contributed by atoms with van der Waals surface area (Å²) >= 11 is 0. The van der Waals surface area contributed by atoms with Crippen LogP contribution in [0.25, 0.3) is 0 Å². The number of nitrogens with one attached hydrogen (secondary N) is 1. The topological polar surface area (TPSA) is 54.3 Å². The molecule has 0 saturated carbocycles. The molecule has 2 aromatic carbocycles. The van der Waals surface area contributed by atoms with Gasteiger partial charge in [-0.15, -0.1) is 0 Å². The summed E-state index contributed by atoms with van der Waals surface area (Å²) in [6.45, 7) is 9.45. The zero-order chi connectivity index (χ0) is 22.1. The number of nitrogens with zero attached hydrogens (tertiary/aromatic N) is 1. The molecular formula is C27H32N2O2. The van der Waals surface area contributed by atoms with E-state index in [0.29, 0.717) is 18.7 Å². The summed E-state index contributed by atoms with van der Waals surface area (Å²) in [5.74, 6) is -0.846. The van der Waals surface area contributed by atoms with E-state index in [-0.39, 0.29) is 6.04 Å². The van der Waals surface area contributed by atoms with Crippen molar-refractivity contribution < 1.29 is 9.90 Å². The van der Waals surface area contributed by atoms with E-state index in [9.17, 15) is 9.90 Å². The van der Waals surface area contributed by atoms with Gasteiger partial charge in [-0.3, -0.25) is 0 Å². The largest absolute Gasteiger partial charge is 0.478 e. The van der Waals surface area contributed by atoms with Crippen LogP contribution < -0.4 is 5.32 Å². The molecule has 0 fully saturated rings. The van der Waals surface area contributed by atoms with Crippen LogP contribution in [0.4, 0.5) is 0 Å². The van der Waals surface area contributed by atoms with Gasteiger partial charge in [0.05, 0.1) is 5.56 Å². The van der Waals surface area contributed by atoms with E-state index in [4.69, 9.17) is 0 Å². The van der Waals surface area contributed by atoms with Gasteiger partial charge in [-0.05, 0) is 69.2 Å². The van der Waals surface area contributed by atoms with Crippen molar-refractivity contribution in [2.75, 3.05) is 0 Å². The highest BCUT2D eigenvalue weighted by atomic mass is 16.4. The molecule has 1 heterocycles. The second-order valence-corrected chi connectivity index (χ2v) is 8.87. The van der Waals surface area contributed by atoms with E-state index in [1.807, 2.05) is 6.92 Å². The van der Waals surface area contributed by atoms with Crippen molar-refractivity contribution in [3.8, 4) is 0 Å². The molecule has 0 unspecified atom stereocenters. The van der Waals surface area contributed by atoms with Crippen LogP contribution in [0.5, 0.6) is 0 Å². The molecule has 0 amide bonds. The van der Waals surface area contributed by atoms with E-state index < -0.39 is 5.97 Å². The Hall–Kier alpha value is -2.85. The highest BCUT2D eigenvalue weighted by Crippen LogP contribution is 2.31. The number of hydrogen-bond donors (Lipinski definition) is 2. The standard InChI is InChI=1S/C27H32N2O2/c1-17-12-13-18(2)22(14-17)16-29-19(3)24(26(20(29)4)27(30)31)15-28-25-11-7-9-21-8-5-6-10-23(21)25/h5-6,8,10,12-14,25,28H,7,9,11,15-16H2,1-4H3,(H,30,31)/t25-/m1/s1. The van der Waals surface area contributed by atoms with E-state index in [2.05, 4.69) is 73.1 Å². The number of aryl methyl sites for hydroxylation is 3. The Labute approximate surface area is 184 Å². The quantitative estimate of drug-likeness (QED) is 0.547. The van der Waals surface area contributed by atoms with Gasteiger partial charge in [-0.2, -0.15) is 0 Å². The van der Waals surface area contributed by atoms with Crippen molar-refractivity contribution >= 4 is 5.97 Å². The minimum absolute atomic E-state index is 0.272. The number of fused-ring (bicyclic) bond motifs is 1. The summed E-state index contributed by atoms with van der Waals surface area (Å²) in [5.41, 5.74) is 9.66. The third-order valence-electron chi connectivity index (χ3n) is 6.85. The van der Waals surface area contributed by atoms with Crippen LogP contribution in [0.3, 0.4) is 0 Å². The third-order valence-corrected chi connectivity index (χ3v) is 6.85. The average Bonchev–Trinajstić information content (AvgIpc) is 2.99. The van der Waals surface area contributed by atoms with Gasteiger partial charge in [-0.25, -0.2) is 4.79 Å². The third kappa shape index (κ3) is 4.17. The van der Waals surface area contributed by atoms with Crippen LogP contribution in [-0.4, -0.2) is 15.6 Å². The molecular weight excluding hydrogens is 384 g/mol. The molecule has 31 heavy (non-hydrogen) atoms. The SMILES string of the molecule is Cc1ccc(C)c(Cn2c(C)c(CN[C@@H]3CCCc4ccccc43)c(C(=O)O)c2C)c1. The lowest BCUT2D eigenvalue weighted by atomic mass is 9.87. The molecule has 162 valence electrons. The lowest BCUT2D eigenvalue weighted by Crippen LogP contribution is -2.25. The maximum Gasteiger partial charge on any atom is 0.337 e. The number of carboxylic acids is 1.